The van der Waals surface area contributed by atoms with Gasteiger partial charge in [0.25, 0.3) is 5.69 Å². The number of carbonyl (C=O) groups is 2. The molecule has 7 nitrogen and oxygen atoms in total. The molecule has 0 aliphatic rings. The first kappa shape index (κ1) is 15.6. The molecule has 0 atom stereocenters. The number of rotatable bonds is 6. The minimum Gasteiger partial charge on any atom is -0.466 e. The number of non-ortho nitro benzene ring substituents is 1. The van der Waals surface area contributed by atoms with Crippen LogP contribution in [-0.2, 0) is 20.7 Å². The quantitative estimate of drug-likeness (QED) is 0.448. The second-order valence-electron chi connectivity index (χ2n) is 3.80. The number of esters is 2. The lowest BCUT2D eigenvalue weighted by Crippen LogP contribution is -2.13. The molecule has 1 aromatic carbocycles. The summed E-state index contributed by atoms with van der Waals surface area (Å²) >= 11 is 0. The molecular formula is C13H15NO6. The summed E-state index contributed by atoms with van der Waals surface area (Å²) in [5.74, 6) is -1.18. The van der Waals surface area contributed by atoms with Crippen molar-refractivity contribution in [3.8, 4) is 0 Å². The van der Waals surface area contributed by atoms with Crippen LogP contribution in [0.25, 0.3) is 0 Å². The molecule has 0 aliphatic heterocycles. The Morgan fingerprint density at radius 2 is 1.85 bits per heavy atom. The first-order valence-electron chi connectivity index (χ1n) is 6.09. The molecule has 0 fully saturated rings. The van der Waals surface area contributed by atoms with Gasteiger partial charge in [-0.2, -0.15) is 0 Å². The number of hydrogen-bond acceptors (Lipinski definition) is 6. The van der Waals surface area contributed by atoms with E-state index >= 15 is 0 Å². The molecule has 1 aromatic rings. The lowest BCUT2D eigenvalue weighted by atomic mass is 10.0. The fourth-order valence-electron chi connectivity index (χ4n) is 1.62. The van der Waals surface area contributed by atoms with Crippen LogP contribution in [-0.4, -0.2) is 30.1 Å². The summed E-state index contributed by atoms with van der Waals surface area (Å²) in [7, 11) is 0. The summed E-state index contributed by atoms with van der Waals surface area (Å²) in [4.78, 5) is 33.4. The normalized spacial score (nSPS) is 9.90. The molecule has 0 radical (unpaired) electrons. The summed E-state index contributed by atoms with van der Waals surface area (Å²) < 4.78 is 9.63. The van der Waals surface area contributed by atoms with Crippen LogP contribution in [0.5, 0.6) is 0 Å². The minimum atomic E-state index is -0.623. The van der Waals surface area contributed by atoms with Crippen LogP contribution in [0.4, 0.5) is 5.69 Å². The average molecular weight is 281 g/mol. The van der Waals surface area contributed by atoms with Crippen molar-refractivity contribution in [3.05, 3.63) is 39.4 Å². The molecule has 20 heavy (non-hydrogen) atoms. The zero-order chi connectivity index (χ0) is 15.1. The highest BCUT2D eigenvalue weighted by Gasteiger charge is 2.19. The van der Waals surface area contributed by atoms with Gasteiger partial charge in [-0.05, 0) is 25.5 Å². The van der Waals surface area contributed by atoms with Gasteiger partial charge in [0.1, 0.15) is 0 Å². The Labute approximate surface area is 115 Å². The summed E-state index contributed by atoms with van der Waals surface area (Å²) in [5.41, 5.74) is 0.152. The van der Waals surface area contributed by atoms with Crippen LogP contribution in [0.2, 0.25) is 0 Å². The molecule has 0 spiro atoms. The molecule has 0 saturated heterocycles. The van der Waals surface area contributed by atoms with Crippen molar-refractivity contribution in [1.29, 1.82) is 0 Å². The summed E-state index contributed by atoms with van der Waals surface area (Å²) in [6.07, 6.45) is -0.219. The van der Waals surface area contributed by atoms with Gasteiger partial charge in [0.15, 0.2) is 0 Å². The maximum absolute atomic E-state index is 11.7. The SMILES string of the molecule is CCOC(=O)Cc1cc([N+](=O)[O-])ccc1C(=O)OCC. The van der Waals surface area contributed by atoms with E-state index in [-0.39, 0.29) is 36.4 Å². The Hall–Kier alpha value is -2.44. The zero-order valence-corrected chi connectivity index (χ0v) is 11.3. The molecule has 108 valence electrons. The highest BCUT2D eigenvalue weighted by atomic mass is 16.6. The number of carbonyl (C=O) groups excluding carboxylic acids is 2. The van der Waals surface area contributed by atoms with E-state index in [0.29, 0.717) is 0 Å². The van der Waals surface area contributed by atoms with Crippen molar-refractivity contribution >= 4 is 17.6 Å². The van der Waals surface area contributed by atoms with E-state index in [1.807, 2.05) is 0 Å². The van der Waals surface area contributed by atoms with Gasteiger partial charge in [-0.25, -0.2) is 4.79 Å². The van der Waals surface area contributed by atoms with Crippen molar-refractivity contribution in [2.75, 3.05) is 13.2 Å². The minimum absolute atomic E-state index is 0.130. The molecule has 0 bridgehead atoms. The first-order chi connectivity index (χ1) is 9.49. The molecule has 0 heterocycles. The third-order valence-corrected chi connectivity index (χ3v) is 2.44. The zero-order valence-electron chi connectivity index (χ0n) is 11.3. The van der Waals surface area contributed by atoms with Crippen LogP contribution >= 0.6 is 0 Å². The van der Waals surface area contributed by atoms with Crippen molar-refractivity contribution in [3.63, 3.8) is 0 Å². The first-order valence-corrected chi connectivity index (χ1v) is 6.09. The molecule has 0 amide bonds. The molecule has 0 aromatic heterocycles. The lowest BCUT2D eigenvalue weighted by molar-refractivity contribution is -0.384. The fourth-order valence-corrected chi connectivity index (χ4v) is 1.62. The van der Waals surface area contributed by atoms with Gasteiger partial charge in [0, 0.05) is 12.1 Å². The monoisotopic (exact) mass is 281 g/mol. The van der Waals surface area contributed by atoms with Crippen LogP contribution in [0.3, 0.4) is 0 Å². The topological polar surface area (TPSA) is 95.7 Å². The van der Waals surface area contributed by atoms with Gasteiger partial charge in [-0.15, -0.1) is 0 Å². The number of ether oxygens (including phenoxy) is 2. The van der Waals surface area contributed by atoms with Crippen molar-refractivity contribution in [2.24, 2.45) is 0 Å². The number of nitro benzene ring substituents is 1. The van der Waals surface area contributed by atoms with Gasteiger partial charge in [0.2, 0.25) is 0 Å². The number of nitro groups is 1. The van der Waals surface area contributed by atoms with Crippen LogP contribution in [0, 0.1) is 10.1 Å². The Balaban J connectivity index is 3.12. The third kappa shape index (κ3) is 4.04. The molecule has 0 saturated carbocycles. The van der Waals surface area contributed by atoms with E-state index in [2.05, 4.69) is 0 Å². The van der Waals surface area contributed by atoms with Gasteiger partial charge in [0.05, 0.1) is 30.1 Å². The standard InChI is InChI=1S/C13H15NO6/c1-3-19-12(15)8-9-7-10(14(17)18)5-6-11(9)13(16)20-4-2/h5-7H,3-4,8H2,1-2H3. The summed E-state index contributed by atoms with van der Waals surface area (Å²) in [6.45, 7) is 3.67. The summed E-state index contributed by atoms with van der Waals surface area (Å²) in [5, 5.41) is 10.7. The summed E-state index contributed by atoms with van der Waals surface area (Å²) in [6, 6.07) is 3.66. The number of hydrogen-bond donors (Lipinski definition) is 0. The van der Waals surface area contributed by atoms with Crippen LogP contribution in [0.1, 0.15) is 29.8 Å². The van der Waals surface area contributed by atoms with Crippen LogP contribution in [0.15, 0.2) is 18.2 Å². The van der Waals surface area contributed by atoms with E-state index in [9.17, 15) is 19.7 Å². The van der Waals surface area contributed by atoms with Gasteiger partial charge >= 0.3 is 11.9 Å². The van der Waals surface area contributed by atoms with Crippen molar-refractivity contribution < 1.29 is 24.0 Å². The highest BCUT2D eigenvalue weighted by Crippen LogP contribution is 2.20. The predicted molar refractivity (Wildman–Crippen MR) is 69.4 cm³/mol. The second-order valence-corrected chi connectivity index (χ2v) is 3.80. The van der Waals surface area contributed by atoms with E-state index in [1.165, 1.54) is 18.2 Å². The maximum atomic E-state index is 11.7. The highest BCUT2D eigenvalue weighted by molar-refractivity contribution is 5.93. The van der Waals surface area contributed by atoms with E-state index in [4.69, 9.17) is 9.47 Å². The largest absolute Gasteiger partial charge is 0.466 e. The molecule has 0 N–H and O–H groups in total. The predicted octanol–water partition coefficient (Wildman–Crippen LogP) is 1.88. The van der Waals surface area contributed by atoms with E-state index in [0.717, 1.165) is 0 Å². The Morgan fingerprint density at radius 3 is 2.40 bits per heavy atom. The number of nitrogens with zero attached hydrogens (tertiary/aromatic N) is 1. The smallest absolute Gasteiger partial charge is 0.338 e. The van der Waals surface area contributed by atoms with E-state index < -0.39 is 16.9 Å². The Bertz CT molecular complexity index is 526. The van der Waals surface area contributed by atoms with Crippen molar-refractivity contribution in [2.45, 2.75) is 20.3 Å². The lowest BCUT2D eigenvalue weighted by Gasteiger charge is -2.08. The Morgan fingerprint density at radius 1 is 1.20 bits per heavy atom. The molecule has 0 aliphatic carbocycles. The Kier molecular flexibility index (Phi) is 5.64. The molecule has 0 unspecified atom stereocenters. The van der Waals surface area contributed by atoms with Crippen LogP contribution < -0.4 is 0 Å². The maximum Gasteiger partial charge on any atom is 0.338 e. The van der Waals surface area contributed by atoms with E-state index in [1.54, 1.807) is 13.8 Å². The number of benzene rings is 1. The van der Waals surface area contributed by atoms with Crippen molar-refractivity contribution in [1.82, 2.24) is 0 Å². The average Bonchev–Trinajstić information content (AvgIpc) is 2.39. The molecule has 7 heteroatoms. The molecular weight excluding hydrogens is 266 g/mol. The van der Waals surface area contributed by atoms with Gasteiger partial charge in [-0.3, -0.25) is 14.9 Å². The fraction of sp³-hybridized carbons (Fsp3) is 0.385. The second kappa shape index (κ2) is 7.22. The van der Waals surface area contributed by atoms with Gasteiger partial charge in [-0.1, -0.05) is 0 Å². The van der Waals surface area contributed by atoms with Gasteiger partial charge < -0.3 is 9.47 Å². The third-order valence-electron chi connectivity index (χ3n) is 2.44. The molecule has 1 rings (SSSR count).